The summed E-state index contributed by atoms with van der Waals surface area (Å²) >= 11 is 0. The van der Waals surface area contributed by atoms with Gasteiger partial charge in [-0.15, -0.1) is 0 Å². The molecular formula is C17H31NO. The molecule has 0 aromatic rings. The maximum absolute atomic E-state index is 6.98. The molecule has 2 heteroatoms. The third-order valence-electron chi connectivity index (χ3n) is 6.43. The summed E-state index contributed by atoms with van der Waals surface area (Å²) in [5.74, 6) is 1.47. The fourth-order valence-electron chi connectivity index (χ4n) is 5.27. The Bertz CT molecular complexity index is 310. The van der Waals surface area contributed by atoms with Crippen molar-refractivity contribution < 1.29 is 4.74 Å². The molecule has 0 radical (unpaired) electrons. The van der Waals surface area contributed by atoms with Crippen LogP contribution in [0.5, 0.6) is 0 Å². The van der Waals surface area contributed by atoms with Gasteiger partial charge in [-0.25, -0.2) is 0 Å². The van der Waals surface area contributed by atoms with Crippen LogP contribution < -0.4 is 5.73 Å². The van der Waals surface area contributed by atoms with E-state index in [-0.39, 0.29) is 11.1 Å². The Morgan fingerprint density at radius 1 is 1.05 bits per heavy atom. The molecule has 2 nitrogen and oxygen atoms in total. The van der Waals surface area contributed by atoms with Crippen LogP contribution >= 0.6 is 0 Å². The molecule has 2 saturated carbocycles. The van der Waals surface area contributed by atoms with Crippen molar-refractivity contribution in [1.82, 2.24) is 0 Å². The van der Waals surface area contributed by atoms with E-state index < -0.39 is 0 Å². The number of ether oxygens (including phenoxy) is 1. The van der Waals surface area contributed by atoms with Gasteiger partial charge in [-0.05, 0) is 50.4 Å². The maximum Gasteiger partial charge on any atom is 0.0685 e. The second-order valence-corrected chi connectivity index (χ2v) is 7.39. The lowest BCUT2D eigenvalue weighted by Crippen LogP contribution is -2.58. The number of hydrogen-bond donors (Lipinski definition) is 1. The second-order valence-electron chi connectivity index (χ2n) is 7.39. The van der Waals surface area contributed by atoms with Crippen LogP contribution in [-0.4, -0.2) is 17.7 Å². The largest absolute Gasteiger partial charge is 0.375 e. The average Bonchev–Trinajstić information content (AvgIpc) is 2.87. The van der Waals surface area contributed by atoms with Crippen molar-refractivity contribution in [2.24, 2.45) is 17.6 Å². The molecule has 0 aromatic heterocycles. The number of hydrogen-bond acceptors (Lipinski definition) is 2. The number of nitrogens with two attached hydrogens (primary N) is 1. The Labute approximate surface area is 118 Å². The van der Waals surface area contributed by atoms with Crippen LogP contribution in [0.15, 0.2) is 0 Å². The van der Waals surface area contributed by atoms with Gasteiger partial charge in [-0.3, -0.25) is 0 Å². The minimum atomic E-state index is 0.117. The molecular weight excluding hydrogens is 234 g/mol. The molecule has 0 aromatic carbocycles. The summed E-state index contributed by atoms with van der Waals surface area (Å²) in [6.07, 6.45) is 14.4. The van der Waals surface area contributed by atoms with Gasteiger partial charge in [0.1, 0.15) is 0 Å². The van der Waals surface area contributed by atoms with Crippen LogP contribution in [-0.2, 0) is 4.74 Å². The maximum atomic E-state index is 6.98. The van der Waals surface area contributed by atoms with E-state index in [1.807, 2.05) is 0 Å². The van der Waals surface area contributed by atoms with E-state index in [2.05, 4.69) is 6.92 Å². The molecule has 3 fully saturated rings. The summed E-state index contributed by atoms with van der Waals surface area (Å²) in [7, 11) is 0. The molecule has 1 spiro atoms. The lowest BCUT2D eigenvalue weighted by molar-refractivity contribution is -0.113. The Kier molecular flexibility index (Phi) is 3.92. The Hall–Kier alpha value is -0.0800. The Balaban J connectivity index is 1.76. The minimum absolute atomic E-state index is 0.117. The SMILES string of the molecule is CCC1CCCCC1(N)C1CCOC2(CCCC2)C1. The van der Waals surface area contributed by atoms with Crippen LogP contribution in [0.25, 0.3) is 0 Å². The van der Waals surface area contributed by atoms with Gasteiger partial charge < -0.3 is 10.5 Å². The molecule has 1 saturated heterocycles. The van der Waals surface area contributed by atoms with Gasteiger partial charge in [0.15, 0.2) is 0 Å². The molecule has 3 rings (SSSR count). The molecule has 3 aliphatic rings. The Morgan fingerprint density at radius 2 is 1.79 bits per heavy atom. The van der Waals surface area contributed by atoms with Gasteiger partial charge in [0.05, 0.1) is 5.60 Å². The minimum Gasteiger partial charge on any atom is -0.375 e. The highest BCUT2D eigenvalue weighted by Crippen LogP contribution is 2.49. The zero-order chi connectivity index (χ0) is 13.3. The molecule has 19 heavy (non-hydrogen) atoms. The molecule has 0 bridgehead atoms. The molecule has 2 aliphatic carbocycles. The fourth-order valence-corrected chi connectivity index (χ4v) is 5.27. The van der Waals surface area contributed by atoms with Crippen LogP contribution in [0.1, 0.15) is 77.6 Å². The third kappa shape index (κ3) is 2.47. The molecule has 110 valence electrons. The van der Waals surface area contributed by atoms with Crippen LogP contribution in [0.4, 0.5) is 0 Å². The van der Waals surface area contributed by atoms with Gasteiger partial charge in [-0.2, -0.15) is 0 Å². The normalized spacial score (nSPS) is 42.6. The van der Waals surface area contributed by atoms with E-state index in [0.29, 0.717) is 5.92 Å². The van der Waals surface area contributed by atoms with Crippen molar-refractivity contribution in [2.45, 2.75) is 88.7 Å². The predicted octanol–water partition coefficient (Wildman–Crippen LogP) is 4.02. The first-order valence-electron chi connectivity index (χ1n) is 8.61. The monoisotopic (exact) mass is 265 g/mol. The highest BCUT2D eigenvalue weighted by atomic mass is 16.5. The molecule has 2 N–H and O–H groups in total. The van der Waals surface area contributed by atoms with E-state index in [0.717, 1.165) is 12.5 Å². The fraction of sp³-hybridized carbons (Fsp3) is 1.00. The van der Waals surface area contributed by atoms with Crippen LogP contribution in [0.2, 0.25) is 0 Å². The van der Waals surface area contributed by atoms with E-state index in [1.165, 1.54) is 70.6 Å². The molecule has 1 aliphatic heterocycles. The van der Waals surface area contributed by atoms with Gasteiger partial charge in [0.2, 0.25) is 0 Å². The van der Waals surface area contributed by atoms with Gasteiger partial charge >= 0.3 is 0 Å². The van der Waals surface area contributed by atoms with Crippen molar-refractivity contribution >= 4 is 0 Å². The summed E-state index contributed by atoms with van der Waals surface area (Å²) in [5, 5.41) is 0. The van der Waals surface area contributed by atoms with E-state index >= 15 is 0 Å². The van der Waals surface area contributed by atoms with Crippen molar-refractivity contribution in [3.8, 4) is 0 Å². The van der Waals surface area contributed by atoms with E-state index in [9.17, 15) is 0 Å². The summed E-state index contributed by atoms with van der Waals surface area (Å²) in [6.45, 7) is 3.29. The first-order valence-corrected chi connectivity index (χ1v) is 8.61. The second kappa shape index (κ2) is 5.37. The lowest BCUT2D eigenvalue weighted by atomic mass is 9.61. The molecule has 1 heterocycles. The standard InChI is InChI=1S/C17H31NO/c1-2-14-7-3-4-11-17(14,18)15-8-12-19-16(13-15)9-5-6-10-16/h14-15H,2-13,18H2,1H3. The van der Waals surface area contributed by atoms with Crippen molar-refractivity contribution in [2.75, 3.05) is 6.61 Å². The zero-order valence-electron chi connectivity index (χ0n) is 12.6. The quantitative estimate of drug-likeness (QED) is 0.818. The summed E-state index contributed by atoms with van der Waals surface area (Å²) < 4.78 is 6.21. The summed E-state index contributed by atoms with van der Waals surface area (Å²) in [6, 6.07) is 0. The third-order valence-corrected chi connectivity index (χ3v) is 6.43. The van der Waals surface area contributed by atoms with E-state index in [1.54, 1.807) is 0 Å². The summed E-state index contributed by atoms with van der Waals surface area (Å²) in [4.78, 5) is 0. The zero-order valence-corrected chi connectivity index (χ0v) is 12.6. The summed E-state index contributed by atoms with van der Waals surface area (Å²) in [5.41, 5.74) is 7.33. The molecule has 3 unspecified atom stereocenters. The van der Waals surface area contributed by atoms with E-state index in [4.69, 9.17) is 10.5 Å². The van der Waals surface area contributed by atoms with Crippen molar-refractivity contribution in [3.63, 3.8) is 0 Å². The van der Waals surface area contributed by atoms with Gasteiger partial charge in [0, 0.05) is 12.1 Å². The first-order chi connectivity index (χ1) is 9.19. The van der Waals surface area contributed by atoms with Crippen LogP contribution in [0.3, 0.4) is 0 Å². The lowest BCUT2D eigenvalue weighted by Gasteiger charge is -2.51. The highest BCUT2D eigenvalue weighted by molar-refractivity contribution is 5.04. The van der Waals surface area contributed by atoms with Crippen molar-refractivity contribution in [3.05, 3.63) is 0 Å². The first kappa shape index (κ1) is 13.9. The van der Waals surface area contributed by atoms with Gasteiger partial charge in [-0.1, -0.05) is 39.0 Å². The molecule has 0 amide bonds. The van der Waals surface area contributed by atoms with Gasteiger partial charge in [0.25, 0.3) is 0 Å². The highest BCUT2D eigenvalue weighted by Gasteiger charge is 2.49. The smallest absolute Gasteiger partial charge is 0.0685 e. The molecule has 3 atom stereocenters. The predicted molar refractivity (Wildman–Crippen MR) is 79.0 cm³/mol. The average molecular weight is 265 g/mol. The van der Waals surface area contributed by atoms with Crippen molar-refractivity contribution in [1.29, 1.82) is 0 Å². The van der Waals surface area contributed by atoms with Crippen LogP contribution in [0, 0.1) is 11.8 Å². The topological polar surface area (TPSA) is 35.2 Å². The Morgan fingerprint density at radius 3 is 2.53 bits per heavy atom. The number of rotatable bonds is 2.